The summed E-state index contributed by atoms with van der Waals surface area (Å²) in [5.41, 5.74) is 5.36. The van der Waals surface area contributed by atoms with E-state index in [4.69, 9.17) is 15.6 Å². The van der Waals surface area contributed by atoms with E-state index in [9.17, 15) is 4.79 Å². The van der Waals surface area contributed by atoms with Gasteiger partial charge in [0.05, 0.1) is 6.61 Å². The van der Waals surface area contributed by atoms with E-state index in [1.807, 2.05) is 18.9 Å². The number of carboxylic acids is 1. The average molecular weight is 204 g/mol. The summed E-state index contributed by atoms with van der Waals surface area (Å²) in [5.74, 6) is -0.941. The van der Waals surface area contributed by atoms with Gasteiger partial charge >= 0.3 is 5.97 Å². The molecule has 0 saturated heterocycles. The van der Waals surface area contributed by atoms with Gasteiger partial charge in [-0.2, -0.15) is 0 Å². The monoisotopic (exact) mass is 204 g/mol. The lowest BCUT2D eigenvalue weighted by atomic mass is 10.2. The Morgan fingerprint density at radius 2 is 2.21 bits per heavy atom. The Hall–Kier alpha value is -0.650. The van der Waals surface area contributed by atoms with E-state index >= 15 is 0 Å². The van der Waals surface area contributed by atoms with Gasteiger partial charge in [-0.15, -0.1) is 0 Å². The minimum Gasteiger partial charge on any atom is -0.480 e. The predicted molar refractivity (Wildman–Crippen MR) is 54.2 cm³/mol. The van der Waals surface area contributed by atoms with Gasteiger partial charge in [-0.3, -0.25) is 4.79 Å². The Labute approximate surface area is 84.8 Å². The van der Waals surface area contributed by atoms with Crippen molar-refractivity contribution in [1.82, 2.24) is 4.90 Å². The number of carbonyl (C=O) groups is 1. The maximum Gasteiger partial charge on any atom is 0.320 e. The highest BCUT2D eigenvalue weighted by Gasteiger charge is 2.11. The number of ether oxygens (including phenoxy) is 1. The van der Waals surface area contributed by atoms with Crippen LogP contribution in [0.1, 0.15) is 13.3 Å². The molecule has 1 atom stereocenters. The number of likely N-dealkylation sites (N-methyl/N-ethyl adjacent to an activating group) is 1. The topological polar surface area (TPSA) is 75.8 Å². The van der Waals surface area contributed by atoms with E-state index in [0.717, 1.165) is 6.54 Å². The van der Waals surface area contributed by atoms with E-state index in [1.54, 1.807) is 0 Å². The Bertz CT molecular complexity index is 164. The molecule has 0 aliphatic rings. The zero-order valence-electron chi connectivity index (χ0n) is 8.90. The lowest BCUT2D eigenvalue weighted by molar-refractivity contribution is -0.138. The van der Waals surface area contributed by atoms with Crippen molar-refractivity contribution in [3.8, 4) is 0 Å². The fourth-order valence-electron chi connectivity index (χ4n) is 0.959. The zero-order valence-corrected chi connectivity index (χ0v) is 8.90. The van der Waals surface area contributed by atoms with Crippen molar-refractivity contribution in [2.24, 2.45) is 5.73 Å². The van der Waals surface area contributed by atoms with Gasteiger partial charge < -0.3 is 20.5 Å². The van der Waals surface area contributed by atoms with Gasteiger partial charge in [0.2, 0.25) is 0 Å². The van der Waals surface area contributed by atoms with Crippen LogP contribution in [-0.4, -0.2) is 55.4 Å². The van der Waals surface area contributed by atoms with Crippen molar-refractivity contribution >= 4 is 5.97 Å². The molecule has 0 rings (SSSR count). The highest BCUT2D eigenvalue weighted by Crippen LogP contribution is 1.92. The molecule has 0 bridgehead atoms. The first kappa shape index (κ1) is 13.4. The van der Waals surface area contributed by atoms with Crippen LogP contribution in [0.15, 0.2) is 0 Å². The highest BCUT2D eigenvalue weighted by molar-refractivity contribution is 5.72. The molecule has 0 fully saturated rings. The second-order valence-electron chi connectivity index (χ2n) is 3.23. The van der Waals surface area contributed by atoms with Crippen LogP contribution in [0.3, 0.4) is 0 Å². The molecule has 0 spiro atoms. The summed E-state index contributed by atoms with van der Waals surface area (Å²) in [6.45, 7) is 4.82. The van der Waals surface area contributed by atoms with Crippen molar-refractivity contribution in [2.75, 3.05) is 33.4 Å². The molecule has 0 amide bonds. The molecule has 1 unspecified atom stereocenters. The lowest BCUT2D eigenvalue weighted by Crippen LogP contribution is -2.35. The molecule has 0 heterocycles. The van der Waals surface area contributed by atoms with E-state index in [0.29, 0.717) is 26.2 Å². The van der Waals surface area contributed by atoms with Crippen LogP contribution < -0.4 is 5.73 Å². The SMILES string of the molecule is CCOCCN(C)CCC(N)C(=O)O. The average Bonchev–Trinajstić information content (AvgIpc) is 2.14. The molecular weight excluding hydrogens is 184 g/mol. The van der Waals surface area contributed by atoms with Crippen molar-refractivity contribution in [3.05, 3.63) is 0 Å². The maximum absolute atomic E-state index is 10.4. The fourth-order valence-corrected chi connectivity index (χ4v) is 0.959. The number of hydrogen-bond donors (Lipinski definition) is 2. The van der Waals surface area contributed by atoms with E-state index in [2.05, 4.69) is 0 Å². The van der Waals surface area contributed by atoms with Gasteiger partial charge in [-0.25, -0.2) is 0 Å². The van der Waals surface area contributed by atoms with Gasteiger partial charge in [0.25, 0.3) is 0 Å². The largest absolute Gasteiger partial charge is 0.480 e. The van der Waals surface area contributed by atoms with Crippen molar-refractivity contribution in [3.63, 3.8) is 0 Å². The van der Waals surface area contributed by atoms with Gasteiger partial charge in [-0.05, 0) is 26.9 Å². The molecule has 5 heteroatoms. The highest BCUT2D eigenvalue weighted by atomic mass is 16.5. The third-order valence-electron chi connectivity index (χ3n) is 1.96. The summed E-state index contributed by atoms with van der Waals surface area (Å²) in [4.78, 5) is 12.4. The van der Waals surface area contributed by atoms with Gasteiger partial charge in [0.1, 0.15) is 6.04 Å². The molecule has 0 saturated carbocycles. The van der Waals surface area contributed by atoms with Crippen LogP contribution in [-0.2, 0) is 9.53 Å². The summed E-state index contributed by atoms with van der Waals surface area (Å²) >= 11 is 0. The second kappa shape index (κ2) is 7.73. The fraction of sp³-hybridized carbons (Fsp3) is 0.889. The molecule has 14 heavy (non-hydrogen) atoms. The quantitative estimate of drug-likeness (QED) is 0.533. The Kier molecular flexibility index (Phi) is 7.37. The third kappa shape index (κ3) is 6.82. The first-order valence-electron chi connectivity index (χ1n) is 4.82. The minimum atomic E-state index is -0.941. The lowest BCUT2D eigenvalue weighted by Gasteiger charge is -2.17. The number of nitrogens with two attached hydrogens (primary N) is 1. The number of rotatable bonds is 8. The van der Waals surface area contributed by atoms with Crippen LogP contribution in [0.2, 0.25) is 0 Å². The Balaban J connectivity index is 3.43. The van der Waals surface area contributed by atoms with E-state index in [1.165, 1.54) is 0 Å². The molecule has 84 valence electrons. The molecule has 5 nitrogen and oxygen atoms in total. The number of carboxylic acid groups (broad SMARTS) is 1. The van der Waals surface area contributed by atoms with Gasteiger partial charge in [-0.1, -0.05) is 0 Å². The molecule has 0 aliphatic heterocycles. The van der Waals surface area contributed by atoms with E-state index in [-0.39, 0.29) is 0 Å². The first-order valence-corrected chi connectivity index (χ1v) is 4.82. The number of aliphatic carboxylic acids is 1. The molecule has 0 aromatic rings. The first-order chi connectivity index (χ1) is 6.57. The predicted octanol–water partition coefficient (Wildman–Crippen LogP) is -0.243. The van der Waals surface area contributed by atoms with E-state index < -0.39 is 12.0 Å². The maximum atomic E-state index is 10.4. The van der Waals surface area contributed by atoms with Crippen molar-refractivity contribution in [1.29, 1.82) is 0 Å². The number of hydrogen-bond acceptors (Lipinski definition) is 4. The summed E-state index contributed by atoms with van der Waals surface area (Å²) in [6.07, 6.45) is 0.470. The van der Waals surface area contributed by atoms with Crippen LogP contribution >= 0.6 is 0 Å². The second-order valence-corrected chi connectivity index (χ2v) is 3.23. The smallest absolute Gasteiger partial charge is 0.320 e. The third-order valence-corrected chi connectivity index (χ3v) is 1.96. The standard InChI is InChI=1S/C9H20N2O3/c1-3-14-7-6-11(2)5-4-8(10)9(12)13/h8H,3-7,10H2,1-2H3,(H,12,13). The summed E-state index contributed by atoms with van der Waals surface area (Å²) < 4.78 is 5.17. The normalized spacial score (nSPS) is 13.1. The van der Waals surface area contributed by atoms with Gasteiger partial charge in [0.15, 0.2) is 0 Å². The summed E-state index contributed by atoms with van der Waals surface area (Å²) in [5, 5.41) is 8.54. The molecule has 0 radical (unpaired) electrons. The molecule has 0 aliphatic carbocycles. The van der Waals surface area contributed by atoms with Crippen molar-refractivity contribution < 1.29 is 14.6 Å². The minimum absolute atomic E-state index is 0.470. The zero-order chi connectivity index (χ0) is 11.0. The Morgan fingerprint density at radius 3 is 2.71 bits per heavy atom. The van der Waals surface area contributed by atoms with Gasteiger partial charge in [0, 0.05) is 13.2 Å². The van der Waals surface area contributed by atoms with Crippen LogP contribution in [0.5, 0.6) is 0 Å². The van der Waals surface area contributed by atoms with Crippen LogP contribution in [0.25, 0.3) is 0 Å². The summed E-state index contributed by atoms with van der Waals surface area (Å²) in [6, 6.07) is -0.760. The van der Waals surface area contributed by atoms with Crippen molar-refractivity contribution in [2.45, 2.75) is 19.4 Å². The van der Waals surface area contributed by atoms with Crippen LogP contribution in [0, 0.1) is 0 Å². The Morgan fingerprint density at radius 1 is 1.57 bits per heavy atom. The molecule has 0 aromatic heterocycles. The summed E-state index contributed by atoms with van der Waals surface area (Å²) in [7, 11) is 1.92. The molecular formula is C9H20N2O3. The number of nitrogens with zero attached hydrogens (tertiary/aromatic N) is 1. The molecule has 3 N–H and O–H groups in total. The van der Waals surface area contributed by atoms with Crippen LogP contribution in [0.4, 0.5) is 0 Å². The molecule has 0 aromatic carbocycles.